The molecule has 0 amide bonds. The second-order valence-electron chi connectivity index (χ2n) is 1.57. The predicted molar refractivity (Wildman–Crippen MR) is 30.3 cm³/mol. The van der Waals surface area contributed by atoms with Gasteiger partial charge in [0.25, 0.3) is 0 Å². The maximum Gasteiger partial charge on any atom is 0.0494 e. The molecule has 1 aliphatic heterocycles. The van der Waals surface area contributed by atoms with E-state index >= 15 is 0 Å². The zero-order valence-electron chi connectivity index (χ0n) is 4.15. The van der Waals surface area contributed by atoms with Gasteiger partial charge >= 0.3 is 0 Å². The second-order valence-corrected chi connectivity index (χ2v) is 1.57. The first-order chi connectivity index (χ1) is 3.39. The van der Waals surface area contributed by atoms with E-state index in [9.17, 15) is 0 Å². The minimum atomic E-state index is 0.940. The molecule has 1 heterocycles. The van der Waals surface area contributed by atoms with Crippen molar-refractivity contribution in [1.82, 2.24) is 5.43 Å². The normalized spacial score (nSPS) is 19.1. The van der Waals surface area contributed by atoms with Crippen LogP contribution in [0.15, 0.2) is 17.3 Å². The van der Waals surface area contributed by atoms with Crippen LogP contribution in [0.1, 0.15) is 6.42 Å². The molecule has 2 nitrogen and oxygen atoms in total. The van der Waals surface area contributed by atoms with Gasteiger partial charge in [0.15, 0.2) is 0 Å². The van der Waals surface area contributed by atoms with Crippen LogP contribution < -0.4 is 5.43 Å². The van der Waals surface area contributed by atoms with Gasteiger partial charge in [-0.1, -0.05) is 6.58 Å². The van der Waals surface area contributed by atoms with E-state index in [1.165, 1.54) is 0 Å². The van der Waals surface area contributed by atoms with Crippen LogP contribution in [-0.4, -0.2) is 12.8 Å². The van der Waals surface area contributed by atoms with E-state index in [4.69, 9.17) is 0 Å². The van der Waals surface area contributed by atoms with Crippen molar-refractivity contribution in [3.63, 3.8) is 0 Å². The second kappa shape index (κ2) is 1.78. The number of rotatable bonds is 0. The van der Waals surface area contributed by atoms with Crippen molar-refractivity contribution in [2.45, 2.75) is 6.42 Å². The Morgan fingerprint density at radius 1 is 1.86 bits per heavy atom. The molecule has 2 heteroatoms. The van der Waals surface area contributed by atoms with Gasteiger partial charge in [-0.3, -0.25) is 0 Å². The summed E-state index contributed by atoms with van der Waals surface area (Å²) in [6, 6.07) is 0. The molecule has 0 saturated carbocycles. The predicted octanol–water partition coefficient (Wildman–Crippen LogP) is 0.522. The van der Waals surface area contributed by atoms with Crippen molar-refractivity contribution < 1.29 is 0 Å². The molecular formula is C5H8N2. The number of nitrogens with zero attached hydrogens (tertiary/aromatic N) is 1. The molecule has 0 spiro atoms. The molecule has 0 aromatic heterocycles. The average Bonchev–Trinajstić information content (AvgIpc) is 1.69. The van der Waals surface area contributed by atoms with Gasteiger partial charge in [0, 0.05) is 12.8 Å². The summed E-state index contributed by atoms with van der Waals surface area (Å²) in [5.41, 5.74) is 3.93. The van der Waals surface area contributed by atoms with Crippen LogP contribution in [0.4, 0.5) is 0 Å². The summed E-state index contributed by atoms with van der Waals surface area (Å²) in [7, 11) is 0. The van der Waals surface area contributed by atoms with Crippen LogP contribution in [0.3, 0.4) is 0 Å². The van der Waals surface area contributed by atoms with Crippen molar-refractivity contribution in [2.75, 3.05) is 6.54 Å². The standard InChI is InChI=1S/C5H8N2/c1-5-2-3-6-7-4-5/h4,6H,1-3H2. The highest BCUT2D eigenvalue weighted by Crippen LogP contribution is 1.94. The van der Waals surface area contributed by atoms with Gasteiger partial charge in [-0.15, -0.1) is 0 Å². The van der Waals surface area contributed by atoms with Gasteiger partial charge in [0.05, 0.1) is 0 Å². The number of nitrogens with one attached hydrogen (secondary N) is 1. The molecule has 1 rings (SSSR count). The minimum absolute atomic E-state index is 0.940. The van der Waals surface area contributed by atoms with Crippen molar-refractivity contribution in [1.29, 1.82) is 0 Å². The van der Waals surface area contributed by atoms with Gasteiger partial charge in [-0.2, -0.15) is 5.10 Å². The lowest BCUT2D eigenvalue weighted by atomic mass is 10.2. The molecule has 38 valence electrons. The Kier molecular flexibility index (Phi) is 1.11. The van der Waals surface area contributed by atoms with Crippen molar-refractivity contribution in [3.8, 4) is 0 Å². The van der Waals surface area contributed by atoms with E-state index in [2.05, 4.69) is 17.1 Å². The fourth-order valence-electron chi connectivity index (χ4n) is 0.482. The van der Waals surface area contributed by atoms with Gasteiger partial charge in [0.1, 0.15) is 0 Å². The van der Waals surface area contributed by atoms with E-state index in [0.717, 1.165) is 18.5 Å². The first-order valence-electron chi connectivity index (χ1n) is 2.33. The fourth-order valence-corrected chi connectivity index (χ4v) is 0.482. The molecule has 0 unspecified atom stereocenters. The third kappa shape index (κ3) is 1.03. The van der Waals surface area contributed by atoms with E-state index in [1.54, 1.807) is 6.21 Å². The third-order valence-electron chi connectivity index (χ3n) is 0.896. The highest BCUT2D eigenvalue weighted by Gasteiger charge is 1.92. The summed E-state index contributed by atoms with van der Waals surface area (Å²) in [6.07, 6.45) is 2.78. The third-order valence-corrected chi connectivity index (χ3v) is 0.896. The van der Waals surface area contributed by atoms with Crippen molar-refractivity contribution in [3.05, 3.63) is 12.2 Å². The van der Waals surface area contributed by atoms with Gasteiger partial charge in [0.2, 0.25) is 0 Å². The van der Waals surface area contributed by atoms with E-state index in [-0.39, 0.29) is 0 Å². The van der Waals surface area contributed by atoms with Crippen LogP contribution in [0.2, 0.25) is 0 Å². The van der Waals surface area contributed by atoms with Gasteiger partial charge < -0.3 is 5.43 Å². The SMILES string of the molecule is C=C1C=NNCC1. The maximum absolute atomic E-state index is 3.78. The lowest BCUT2D eigenvalue weighted by Crippen LogP contribution is -2.13. The molecule has 0 saturated heterocycles. The number of hydrogen-bond donors (Lipinski definition) is 1. The van der Waals surface area contributed by atoms with E-state index in [0.29, 0.717) is 0 Å². The summed E-state index contributed by atoms with van der Waals surface area (Å²) >= 11 is 0. The Bertz CT molecular complexity index is 105. The molecule has 1 N–H and O–H groups in total. The molecule has 1 aliphatic rings. The lowest BCUT2D eigenvalue weighted by Gasteiger charge is -2.04. The molecule has 0 radical (unpaired) electrons. The Hall–Kier alpha value is -0.790. The first-order valence-corrected chi connectivity index (χ1v) is 2.33. The van der Waals surface area contributed by atoms with Crippen LogP contribution in [-0.2, 0) is 0 Å². The molecule has 0 bridgehead atoms. The molecule has 0 aliphatic carbocycles. The van der Waals surface area contributed by atoms with Crippen molar-refractivity contribution in [2.24, 2.45) is 5.10 Å². The Balaban J connectivity index is 2.51. The monoisotopic (exact) mass is 96.1 g/mol. The smallest absolute Gasteiger partial charge is 0.0494 e. The molecule has 0 atom stereocenters. The van der Waals surface area contributed by atoms with E-state index < -0.39 is 0 Å². The van der Waals surface area contributed by atoms with Crippen molar-refractivity contribution >= 4 is 6.21 Å². The number of hydrazone groups is 1. The zero-order valence-corrected chi connectivity index (χ0v) is 4.15. The average molecular weight is 96.1 g/mol. The van der Waals surface area contributed by atoms with Gasteiger partial charge in [-0.05, 0) is 12.0 Å². The minimum Gasteiger partial charge on any atom is -0.310 e. The molecule has 0 fully saturated rings. The highest BCUT2D eigenvalue weighted by atomic mass is 15.3. The summed E-state index contributed by atoms with van der Waals surface area (Å²) in [6.45, 7) is 4.66. The summed E-state index contributed by atoms with van der Waals surface area (Å²) in [5.74, 6) is 0. The first kappa shape index (κ1) is 4.37. The Labute approximate surface area is 42.9 Å². The molecular weight excluding hydrogens is 88.1 g/mol. The molecule has 0 aromatic rings. The Morgan fingerprint density at radius 3 is 3.00 bits per heavy atom. The highest BCUT2D eigenvalue weighted by molar-refractivity contribution is 5.77. The van der Waals surface area contributed by atoms with Crippen LogP contribution in [0.5, 0.6) is 0 Å². The topological polar surface area (TPSA) is 24.4 Å². The largest absolute Gasteiger partial charge is 0.310 e. The Morgan fingerprint density at radius 2 is 2.71 bits per heavy atom. The summed E-state index contributed by atoms with van der Waals surface area (Å²) in [4.78, 5) is 0. The van der Waals surface area contributed by atoms with Crippen LogP contribution in [0, 0.1) is 0 Å². The lowest BCUT2D eigenvalue weighted by molar-refractivity contribution is 0.720. The van der Waals surface area contributed by atoms with Gasteiger partial charge in [-0.25, -0.2) is 0 Å². The quantitative estimate of drug-likeness (QED) is 0.467. The van der Waals surface area contributed by atoms with E-state index in [1.807, 2.05) is 0 Å². The summed E-state index contributed by atoms with van der Waals surface area (Å²) < 4.78 is 0. The maximum atomic E-state index is 3.78. The van der Waals surface area contributed by atoms with Crippen LogP contribution >= 0.6 is 0 Å². The molecule has 7 heavy (non-hydrogen) atoms. The molecule has 0 aromatic carbocycles. The summed E-state index contributed by atoms with van der Waals surface area (Å²) in [5, 5.41) is 3.78. The zero-order chi connectivity index (χ0) is 5.11. The number of hydrogen-bond acceptors (Lipinski definition) is 2. The fraction of sp³-hybridized carbons (Fsp3) is 0.400. The van der Waals surface area contributed by atoms with Crippen LogP contribution in [0.25, 0.3) is 0 Å².